The van der Waals surface area contributed by atoms with Crippen molar-refractivity contribution >= 4 is 11.8 Å². The lowest BCUT2D eigenvalue weighted by atomic mass is 10.1. The molecule has 3 aromatic rings. The summed E-state index contributed by atoms with van der Waals surface area (Å²) in [5.74, 6) is 0.168. The van der Waals surface area contributed by atoms with E-state index in [0.29, 0.717) is 21.7 Å². The van der Waals surface area contributed by atoms with Crippen molar-refractivity contribution in [2.75, 3.05) is 13.1 Å². The van der Waals surface area contributed by atoms with Gasteiger partial charge in [0.25, 0.3) is 0 Å². The largest absolute Gasteiger partial charge is 0.507 e. The molecule has 0 radical (unpaired) electrons. The molecule has 0 amide bonds. The first-order chi connectivity index (χ1) is 12.3. The van der Waals surface area contributed by atoms with Gasteiger partial charge in [0.2, 0.25) is 5.16 Å². The van der Waals surface area contributed by atoms with Crippen LogP contribution in [0.3, 0.4) is 0 Å². The number of phenols is 1. The van der Waals surface area contributed by atoms with Gasteiger partial charge < -0.3 is 15.0 Å². The van der Waals surface area contributed by atoms with Crippen LogP contribution in [0.5, 0.6) is 5.75 Å². The maximum atomic E-state index is 10.4. The molecule has 2 aromatic heterocycles. The molecule has 1 saturated heterocycles. The second-order valence-electron chi connectivity index (χ2n) is 5.98. The van der Waals surface area contributed by atoms with Gasteiger partial charge in [0, 0.05) is 35.0 Å². The quantitative estimate of drug-likeness (QED) is 0.751. The lowest BCUT2D eigenvalue weighted by Crippen LogP contribution is -2.29. The molecule has 1 aromatic carbocycles. The van der Waals surface area contributed by atoms with Gasteiger partial charge in [-0.1, -0.05) is 11.8 Å². The summed E-state index contributed by atoms with van der Waals surface area (Å²) in [6.07, 6.45) is 7.79. The average molecular weight is 353 g/mol. The van der Waals surface area contributed by atoms with E-state index in [1.807, 2.05) is 41.2 Å². The van der Waals surface area contributed by atoms with E-state index < -0.39 is 0 Å². The van der Waals surface area contributed by atoms with E-state index in [0.717, 1.165) is 31.6 Å². The molecule has 0 aliphatic carbocycles. The van der Waals surface area contributed by atoms with Crippen molar-refractivity contribution < 1.29 is 5.11 Å². The number of phenolic OH excluding ortho intramolecular Hbond substituents is 1. The van der Waals surface area contributed by atoms with E-state index in [9.17, 15) is 5.11 Å². The number of nitrogens with one attached hydrogen (secondary N) is 1. The summed E-state index contributed by atoms with van der Waals surface area (Å²) in [6, 6.07) is 9.39. The van der Waals surface area contributed by atoms with E-state index in [1.54, 1.807) is 24.0 Å². The number of hydrogen-bond acceptors (Lipinski definition) is 6. The molecule has 25 heavy (non-hydrogen) atoms. The fourth-order valence-electron chi connectivity index (χ4n) is 2.91. The number of thioether (sulfide) groups is 1. The van der Waals surface area contributed by atoms with Crippen LogP contribution in [0, 0.1) is 0 Å². The smallest absolute Gasteiger partial charge is 0.209 e. The van der Waals surface area contributed by atoms with Crippen LogP contribution in [-0.4, -0.2) is 43.2 Å². The third-order valence-corrected chi connectivity index (χ3v) is 5.46. The van der Waals surface area contributed by atoms with Crippen LogP contribution in [0.2, 0.25) is 0 Å². The van der Waals surface area contributed by atoms with Crippen molar-refractivity contribution in [3.05, 3.63) is 48.9 Å². The number of aromatic nitrogens is 4. The van der Waals surface area contributed by atoms with Crippen molar-refractivity contribution in [3.8, 4) is 22.7 Å². The fraction of sp³-hybridized carbons (Fsp3) is 0.278. The Hall–Kier alpha value is -2.38. The first-order valence-corrected chi connectivity index (χ1v) is 9.21. The highest BCUT2D eigenvalue weighted by Gasteiger charge is 2.16. The Bertz CT molecular complexity index is 829. The van der Waals surface area contributed by atoms with E-state index >= 15 is 0 Å². The molecule has 4 rings (SSSR count). The normalized spacial score (nSPS) is 15.4. The molecular formula is C18H19N5OS. The minimum atomic E-state index is 0.168. The van der Waals surface area contributed by atoms with Gasteiger partial charge in [0.1, 0.15) is 11.4 Å². The van der Waals surface area contributed by atoms with Gasteiger partial charge in [-0.2, -0.15) is 0 Å². The molecule has 3 heterocycles. The van der Waals surface area contributed by atoms with Crippen LogP contribution in [-0.2, 0) is 0 Å². The molecular weight excluding hydrogens is 334 g/mol. The van der Waals surface area contributed by atoms with E-state index in [2.05, 4.69) is 20.5 Å². The second-order valence-corrected chi connectivity index (χ2v) is 7.25. The molecule has 1 aliphatic heterocycles. The first kappa shape index (κ1) is 16.1. The molecule has 128 valence electrons. The fourth-order valence-corrected chi connectivity index (χ4v) is 3.88. The molecule has 1 aliphatic rings. The van der Waals surface area contributed by atoms with E-state index in [-0.39, 0.29) is 5.75 Å². The molecule has 0 spiro atoms. The molecule has 7 heteroatoms. The molecule has 1 fully saturated rings. The third kappa shape index (κ3) is 3.67. The Labute approximate surface area is 150 Å². The van der Waals surface area contributed by atoms with Crippen molar-refractivity contribution in [1.29, 1.82) is 0 Å². The number of nitrogens with zero attached hydrogens (tertiary/aromatic N) is 4. The topological polar surface area (TPSA) is 75.9 Å². The van der Waals surface area contributed by atoms with Gasteiger partial charge in [-0.15, -0.1) is 10.2 Å². The first-order valence-electron chi connectivity index (χ1n) is 8.33. The third-order valence-electron chi connectivity index (χ3n) is 4.26. The van der Waals surface area contributed by atoms with Crippen LogP contribution >= 0.6 is 11.8 Å². The number of benzene rings is 1. The SMILES string of the molecule is Oc1cc(-n2cccc2)ccc1-c1cnc(SC2CCNCC2)nn1. The Morgan fingerprint density at radius 3 is 2.60 bits per heavy atom. The van der Waals surface area contributed by atoms with Gasteiger partial charge in [0.05, 0.1) is 6.20 Å². The summed E-state index contributed by atoms with van der Waals surface area (Å²) in [6.45, 7) is 2.09. The molecule has 2 N–H and O–H groups in total. The van der Waals surface area contributed by atoms with E-state index in [1.165, 1.54) is 0 Å². The van der Waals surface area contributed by atoms with Crippen LogP contribution in [0.15, 0.2) is 54.1 Å². The zero-order chi connectivity index (χ0) is 17.1. The lowest BCUT2D eigenvalue weighted by molar-refractivity contribution is 0.476. The van der Waals surface area contributed by atoms with Gasteiger partial charge in [-0.3, -0.25) is 0 Å². The van der Waals surface area contributed by atoms with Gasteiger partial charge in [0.15, 0.2) is 0 Å². The summed E-state index contributed by atoms with van der Waals surface area (Å²) in [5, 5.41) is 23.4. The van der Waals surface area contributed by atoms with Crippen LogP contribution in [0.4, 0.5) is 0 Å². The maximum absolute atomic E-state index is 10.4. The van der Waals surface area contributed by atoms with Crippen molar-refractivity contribution in [2.24, 2.45) is 0 Å². The van der Waals surface area contributed by atoms with Crippen LogP contribution in [0.25, 0.3) is 16.9 Å². The van der Waals surface area contributed by atoms with Crippen molar-refractivity contribution in [3.63, 3.8) is 0 Å². The Kier molecular flexibility index (Phi) is 4.67. The summed E-state index contributed by atoms with van der Waals surface area (Å²) in [4.78, 5) is 4.42. The number of aromatic hydroxyl groups is 1. The van der Waals surface area contributed by atoms with Crippen molar-refractivity contribution in [2.45, 2.75) is 23.2 Å². The minimum Gasteiger partial charge on any atom is -0.507 e. The highest BCUT2D eigenvalue weighted by Crippen LogP contribution is 2.30. The molecule has 6 nitrogen and oxygen atoms in total. The Balaban J connectivity index is 1.51. The van der Waals surface area contributed by atoms with Gasteiger partial charge in [-0.25, -0.2) is 4.98 Å². The minimum absolute atomic E-state index is 0.168. The molecule has 0 atom stereocenters. The molecule has 0 saturated carbocycles. The van der Waals surface area contributed by atoms with Gasteiger partial charge >= 0.3 is 0 Å². The highest BCUT2D eigenvalue weighted by atomic mass is 32.2. The zero-order valence-corrected chi connectivity index (χ0v) is 14.5. The predicted octanol–water partition coefficient (Wildman–Crippen LogP) is 2.88. The van der Waals surface area contributed by atoms with E-state index in [4.69, 9.17) is 0 Å². The highest BCUT2D eigenvalue weighted by molar-refractivity contribution is 7.99. The average Bonchev–Trinajstić information content (AvgIpc) is 3.18. The van der Waals surface area contributed by atoms with Crippen LogP contribution < -0.4 is 5.32 Å². The summed E-state index contributed by atoms with van der Waals surface area (Å²) < 4.78 is 1.94. The number of hydrogen-bond donors (Lipinski definition) is 2. The van der Waals surface area contributed by atoms with Gasteiger partial charge in [-0.05, 0) is 50.2 Å². The number of piperidine rings is 1. The summed E-state index contributed by atoms with van der Waals surface area (Å²) in [5.41, 5.74) is 2.10. The Morgan fingerprint density at radius 1 is 1.12 bits per heavy atom. The second kappa shape index (κ2) is 7.25. The molecule has 0 bridgehead atoms. The summed E-state index contributed by atoms with van der Waals surface area (Å²) in [7, 11) is 0. The summed E-state index contributed by atoms with van der Waals surface area (Å²) >= 11 is 1.68. The Morgan fingerprint density at radius 2 is 1.92 bits per heavy atom. The maximum Gasteiger partial charge on any atom is 0.209 e. The zero-order valence-electron chi connectivity index (χ0n) is 13.7. The van der Waals surface area contributed by atoms with Crippen LogP contribution in [0.1, 0.15) is 12.8 Å². The standard InChI is InChI=1S/C18H19N5OS/c24-17-11-13(23-9-1-2-10-23)3-4-15(17)16-12-20-18(22-21-16)25-14-5-7-19-8-6-14/h1-4,9-12,14,19,24H,5-8H2. The predicted molar refractivity (Wildman–Crippen MR) is 98.0 cm³/mol. The molecule has 0 unspecified atom stereocenters. The number of rotatable bonds is 4. The lowest BCUT2D eigenvalue weighted by Gasteiger charge is -2.20. The monoisotopic (exact) mass is 353 g/mol. The van der Waals surface area contributed by atoms with Crippen molar-refractivity contribution in [1.82, 2.24) is 25.1 Å².